The molecule has 0 saturated carbocycles. The number of hydrogen-bond acceptors (Lipinski definition) is 4. The number of phenols is 1. The summed E-state index contributed by atoms with van der Waals surface area (Å²) in [5.41, 5.74) is 0.914. The highest BCUT2D eigenvalue weighted by molar-refractivity contribution is 5.86. The molecule has 4 nitrogen and oxygen atoms in total. The van der Waals surface area contributed by atoms with Gasteiger partial charge < -0.3 is 10.4 Å². The number of Topliss-reactive ketones (excluding diaryl/α,β-unsaturated/α-hetero) is 1. The van der Waals surface area contributed by atoms with Crippen molar-refractivity contribution >= 4 is 5.78 Å². The normalized spacial score (nSPS) is 24.3. The average molecular weight is 288 g/mol. The minimum Gasteiger partial charge on any atom is -0.508 e. The van der Waals surface area contributed by atoms with Gasteiger partial charge in [-0.2, -0.15) is 0 Å². The van der Waals surface area contributed by atoms with E-state index in [1.807, 2.05) is 6.07 Å². The van der Waals surface area contributed by atoms with E-state index in [9.17, 15) is 9.90 Å². The van der Waals surface area contributed by atoms with Crippen LogP contribution in [0, 0.1) is 0 Å². The Morgan fingerprint density at radius 1 is 1.29 bits per heavy atom. The summed E-state index contributed by atoms with van der Waals surface area (Å²) < 4.78 is 0. The van der Waals surface area contributed by atoms with E-state index in [0.717, 1.165) is 50.9 Å². The van der Waals surface area contributed by atoms with Crippen molar-refractivity contribution in [2.75, 3.05) is 19.6 Å². The molecule has 1 aromatic carbocycles. The minimum atomic E-state index is 0.0791. The Hall–Kier alpha value is -1.39. The van der Waals surface area contributed by atoms with Gasteiger partial charge in [0.05, 0.1) is 6.04 Å². The standard InChI is InChI=1S/C17H24N2O2/c20-15-4-1-3-13(11-15)12-17(21)16-5-2-10-19(16)14-6-8-18-9-7-14/h1,3-4,11,14,16,18,20H,2,5-10,12H2. The number of nitrogens with zero attached hydrogens (tertiary/aromatic N) is 1. The molecule has 2 fully saturated rings. The minimum absolute atomic E-state index is 0.0791. The van der Waals surface area contributed by atoms with Crippen LogP contribution in [0.25, 0.3) is 0 Å². The fraction of sp³-hybridized carbons (Fsp3) is 0.588. The van der Waals surface area contributed by atoms with Crippen LogP contribution in [0.4, 0.5) is 0 Å². The summed E-state index contributed by atoms with van der Waals surface area (Å²) in [4.78, 5) is 15.1. The van der Waals surface area contributed by atoms with Gasteiger partial charge in [0.25, 0.3) is 0 Å². The summed E-state index contributed by atoms with van der Waals surface area (Å²) >= 11 is 0. The van der Waals surface area contributed by atoms with Crippen LogP contribution in [-0.2, 0) is 11.2 Å². The summed E-state index contributed by atoms with van der Waals surface area (Å²) in [6.45, 7) is 3.18. The van der Waals surface area contributed by atoms with Crippen molar-refractivity contribution in [1.82, 2.24) is 10.2 Å². The maximum absolute atomic E-state index is 12.6. The first-order valence-corrected chi connectivity index (χ1v) is 8.01. The van der Waals surface area contributed by atoms with Crippen LogP contribution in [0.5, 0.6) is 5.75 Å². The van der Waals surface area contributed by atoms with E-state index in [4.69, 9.17) is 0 Å². The second-order valence-corrected chi connectivity index (χ2v) is 6.19. The first kappa shape index (κ1) is 14.5. The van der Waals surface area contributed by atoms with Crippen molar-refractivity contribution < 1.29 is 9.90 Å². The summed E-state index contributed by atoms with van der Waals surface area (Å²) in [6.07, 6.45) is 4.84. The molecule has 1 atom stereocenters. The van der Waals surface area contributed by atoms with Crippen LogP contribution in [0.3, 0.4) is 0 Å². The van der Waals surface area contributed by atoms with E-state index in [1.54, 1.807) is 18.2 Å². The van der Waals surface area contributed by atoms with Gasteiger partial charge in [0, 0.05) is 12.5 Å². The number of aromatic hydroxyl groups is 1. The summed E-state index contributed by atoms with van der Waals surface area (Å²) in [5, 5.41) is 12.9. The van der Waals surface area contributed by atoms with Gasteiger partial charge in [0.1, 0.15) is 5.75 Å². The summed E-state index contributed by atoms with van der Waals surface area (Å²) in [7, 11) is 0. The second kappa shape index (κ2) is 6.58. The van der Waals surface area contributed by atoms with Gasteiger partial charge in [-0.3, -0.25) is 9.69 Å². The molecular weight excluding hydrogens is 264 g/mol. The SMILES string of the molecule is O=C(Cc1cccc(O)c1)C1CCCN1C1CCNCC1. The lowest BCUT2D eigenvalue weighted by Gasteiger charge is -2.35. The molecule has 2 heterocycles. The van der Waals surface area contributed by atoms with Gasteiger partial charge in [0.15, 0.2) is 5.78 Å². The van der Waals surface area contributed by atoms with Gasteiger partial charge >= 0.3 is 0 Å². The lowest BCUT2D eigenvalue weighted by atomic mass is 9.98. The monoisotopic (exact) mass is 288 g/mol. The number of carbonyl (C=O) groups excluding carboxylic acids is 1. The van der Waals surface area contributed by atoms with E-state index in [0.29, 0.717) is 18.2 Å². The molecule has 0 bridgehead atoms. The van der Waals surface area contributed by atoms with Crippen molar-refractivity contribution in [3.8, 4) is 5.75 Å². The van der Waals surface area contributed by atoms with Crippen LogP contribution in [0.1, 0.15) is 31.2 Å². The molecule has 4 heteroatoms. The van der Waals surface area contributed by atoms with E-state index in [2.05, 4.69) is 10.2 Å². The van der Waals surface area contributed by atoms with Gasteiger partial charge in [0.2, 0.25) is 0 Å². The van der Waals surface area contributed by atoms with Gasteiger partial charge in [-0.25, -0.2) is 0 Å². The molecule has 3 rings (SSSR count). The zero-order chi connectivity index (χ0) is 14.7. The van der Waals surface area contributed by atoms with Crippen LogP contribution in [0.15, 0.2) is 24.3 Å². The number of benzene rings is 1. The number of phenolic OH excluding ortho intramolecular Hbond substituents is 1. The van der Waals surface area contributed by atoms with Gasteiger partial charge in [-0.1, -0.05) is 12.1 Å². The van der Waals surface area contributed by atoms with E-state index in [-0.39, 0.29) is 11.8 Å². The second-order valence-electron chi connectivity index (χ2n) is 6.19. The van der Waals surface area contributed by atoms with Crippen molar-refractivity contribution in [2.24, 2.45) is 0 Å². The maximum atomic E-state index is 12.6. The highest BCUT2D eigenvalue weighted by Crippen LogP contribution is 2.26. The number of likely N-dealkylation sites (tertiary alicyclic amines) is 1. The van der Waals surface area contributed by atoms with Crippen molar-refractivity contribution in [1.29, 1.82) is 0 Å². The summed E-state index contributed by atoms with van der Waals surface area (Å²) in [6, 6.07) is 7.70. The highest BCUT2D eigenvalue weighted by atomic mass is 16.3. The van der Waals surface area contributed by atoms with Crippen molar-refractivity contribution in [3.05, 3.63) is 29.8 Å². The van der Waals surface area contributed by atoms with Crippen LogP contribution < -0.4 is 5.32 Å². The Morgan fingerprint density at radius 2 is 2.10 bits per heavy atom. The molecule has 2 saturated heterocycles. The zero-order valence-electron chi connectivity index (χ0n) is 12.4. The molecule has 0 amide bonds. The third-order valence-electron chi connectivity index (χ3n) is 4.73. The summed E-state index contributed by atoms with van der Waals surface area (Å²) in [5.74, 6) is 0.540. The number of piperidine rings is 1. The highest BCUT2D eigenvalue weighted by Gasteiger charge is 2.35. The smallest absolute Gasteiger partial charge is 0.154 e. The molecule has 2 N–H and O–H groups in total. The maximum Gasteiger partial charge on any atom is 0.154 e. The van der Waals surface area contributed by atoms with E-state index in [1.165, 1.54) is 0 Å². The number of nitrogens with one attached hydrogen (secondary N) is 1. The molecule has 2 aliphatic heterocycles. The number of hydrogen-bond donors (Lipinski definition) is 2. The lowest BCUT2D eigenvalue weighted by Crippen LogP contribution is -2.48. The molecule has 0 radical (unpaired) electrons. The molecule has 1 unspecified atom stereocenters. The van der Waals surface area contributed by atoms with Gasteiger partial charge in [-0.15, -0.1) is 0 Å². The largest absolute Gasteiger partial charge is 0.508 e. The fourth-order valence-electron chi connectivity index (χ4n) is 3.70. The molecule has 0 aliphatic carbocycles. The van der Waals surface area contributed by atoms with Crippen molar-refractivity contribution in [2.45, 2.75) is 44.2 Å². The third-order valence-corrected chi connectivity index (χ3v) is 4.73. The number of rotatable bonds is 4. The fourth-order valence-corrected chi connectivity index (χ4v) is 3.70. The van der Waals surface area contributed by atoms with Crippen LogP contribution >= 0.6 is 0 Å². The van der Waals surface area contributed by atoms with Crippen LogP contribution in [0.2, 0.25) is 0 Å². The van der Waals surface area contributed by atoms with Crippen LogP contribution in [-0.4, -0.2) is 47.5 Å². The Morgan fingerprint density at radius 3 is 2.86 bits per heavy atom. The quantitative estimate of drug-likeness (QED) is 0.886. The van der Waals surface area contributed by atoms with Gasteiger partial charge in [-0.05, 0) is 63.0 Å². The average Bonchev–Trinajstić information content (AvgIpc) is 2.98. The number of ketones is 1. The van der Waals surface area contributed by atoms with E-state index < -0.39 is 0 Å². The Balaban J connectivity index is 1.65. The predicted octanol–water partition coefficient (Wildman–Crippen LogP) is 1.72. The molecular formula is C17H24N2O2. The molecule has 0 spiro atoms. The Bertz CT molecular complexity index is 497. The first-order valence-electron chi connectivity index (χ1n) is 8.01. The molecule has 114 valence electrons. The Kier molecular flexibility index (Phi) is 4.56. The molecule has 21 heavy (non-hydrogen) atoms. The zero-order valence-corrected chi connectivity index (χ0v) is 12.4. The first-order chi connectivity index (χ1) is 10.2. The molecule has 2 aliphatic rings. The Labute approximate surface area is 126 Å². The predicted molar refractivity (Wildman–Crippen MR) is 82.4 cm³/mol. The lowest BCUT2D eigenvalue weighted by molar-refractivity contribution is -0.123. The third kappa shape index (κ3) is 3.44. The molecule has 1 aromatic rings. The number of carbonyl (C=O) groups is 1. The molecule has 0 aromatic heterocycles. The van der Waals surface area contributed by atoms with E-state index >= 15 is 0 Å². The topological polar surface area (TPSA) is 52.6 Å². The van der Waals surface area contributed by atoms with Crippen molar-refractivity contribution in [3.63, 3.8) is 0 Å².